The molecule has 0 unspecified atom stereocenters. The summed E-state index contributed by atoms with van der Waals surface area (Å²) in [7, 11) is 0. The molecule has 0 aliphatic rings. The largest absolute Gasteiger partial charge is 0.369 e. The zero-order valence-electron chi connectivity index (χ0n) is 8.43. The van der Waals surface area contributed by atoms with Crippen LogP contribution in [0.4, 0.5) is 0 Å². The predicted octanol–water partition coefficient (Wildman–Crippen LogP) is 0.0129. The summed E-state index contributed by atoms with van der Waals surface area (Å²) in [5, 5.41) is 7.58. The van der Waals surface area contributed by atoms with Crippen molar-refractivity contribution in [1.29, 1.82) is 0 Å². The van der Waals surface area contributed by atoms with Crippen molar-refractivity contribution in [3.63, 3.8) is 0 Å². The van der Waals surface area contributed by atoms with Crippen molar-refractivity contribution < 1.29 is 0 Å². The lowest BCUT2D eigenvalue weighted by molar-refractivity contribution is 1.02. The summed E-state index contributed by atoms with van der Waals surface area (Å²) in [6.45, 7) is 0.508. The summed E-state index contributed by atoms with van der Waals surface area (Å²) >= 11 is 0. The Hall–Kier alpha value is -1.88. The maximum absolute atomic E-state index is 5.48. The van der Waals surface area contributed by atoms with Crippen molar-refractivity contribution in [2.45, 2.75) is 6.42 Å². The molecule has 0 aliphatic carbocycles. The van der Waals surface area contributed by atoms with Crippen molar-refractivity contribution in [3.8, 4) is 0 Å². The van der Waals surface area contributed by atoms with Gasteiger partial charge in [-0.1, -0.05) is 30.3 Å². The molecule has 0 heterocycles. The molecule has 0 atom stereocenters. The van der Waals surface area contributed by atoms with Gasteiger partial charge in [0.2, 0.25) is 5.96 Å². The minimum absolute atomic E-state index is 0.0551. The molecule has 1 rings (SSSR count). The molecular weight excluding hydrogens is 190 g/mol. The van der Waals surface area contributed by atoms with Crippen molar-refractivity contribution in [1.82, 2.24) is 0 Å². The molecule has 0 saturated heterocycles. The van der Waals surface area contributed by atoms with Crippen LogP contribution in [0.1, 0.15) is 12.0 Å². The Bertz CT molecular complexity index is 351. The van der Waals surface area contributed by atoms with Gasteiger partial charge in [0.15, 0.2) is 0 Å². The van der Waals surface area contributed by atoms with Crippen molar-refractivity contribution >= 4 is 11.7 Å². The molecule has 0 saturated carbocycles. The fraction of sp³-hybridized carbons (Fsp3) is 0.200. The number of hydrogen-bond donors (Lipinski definition) is 3. The first-order valence-electron chi connectivity index (χ1n) is 4.65. The Morgan fingerprint density at radius 3 is 2.27 bits per heavy atom. The molecule has 6 N–H and O–H groups in total. The summed E-state index contributed by atoms with van der Waals surface area (Å²) in [5.41, 5.74) is 17.7. The van der Waals surface area contributed by atoms with Gasteiger partial charge >= 0.3 is 0 Å². The van der Waals surface area contributed by atoms with E-state index in [4.69, 9.17) is 17.2 Å². The molecule has 5 nitrogen and oxygen atoms in total. The number of guanidine groups is 1. The zero-order chi connectivity index (χ0) is 11.1. The Morgan fingerprint density at radius 2 is 1.73 bits per heavy atom. The second-order valence-corrected chi connectivity index (χ2v) is 2.98. The lowest BCUT2D eigenvalue weighted by atomic mass is 10.1. The van der Waals surface area contributed by atoms with Gasteiger partial charge in [0.25, 0.3) is 0 Å². The molecule has 0 spiro atoms. The summed E-state index contributed by atoms with van der Waals surface area (Å²) in [5.74, 6) is -0.0551. The Morgan fingerprint density at radius 1 is 1.07 bits per heavy atom. The molecule has 0 fully saturated rings. The van der Waals surface area contributed by atoms with Crippen LogP contribution in [0.5, 0.6) is 0 Å². The summed E-state index contributed by atoms with van der Waals surface area (Å²) in [6.07, 6.45) is 0.640. The van der Waals surface area contributed by atoms with Gasteiger partial charge in [-0.15, -0.1) is 5.10 Å². The lowest BCUT2D eigenvalue weighted by Crippen LogP contribution is -2.22. The molecule has 1 aromatic carbocycles. The van der Waals surface area contributed by atoms with Crippen LogP contribution < -0.4 is 17.2 Å². The quantitative estimate of drug-likeness (QED) is 0.366. The highest BCUT2D eigenvalue weighted by molar-refractivity contribution is 6.00. The molecule has 80 valence electrons. The predicted molar refractivity (Wildman–Crippen MR) is 62.5 cm³/mol. The van der Waals surface area contributed by atoms with Gasteiger partial charge in [-0.2, -0.15) is 5.10 Å². The normalized spacial score (nSPS) is 11.1. The van der Waals surface area contributed by atoms with Crippen LogP contribution in [0.3, 0.4) is 0 Å². The van der Waals surface area contributed by atoms with Gasteiger partial charge in [0.1, 0.15) is 0 Å². The van der Waals surface area contributed by atoms with Crippen LogP contribution in [0.15, 0.2) is 40.5 Å². The van der Waals surface area contributed by atoms with Gasteiger partial charge < -0.3 is 17.2 Å². The molecule has 5 heteroatoms. The molecule has 0 radical (unpaired) electrons. The topological polar surface area (TPSA) is 103 Å². The Labute approximate surface area is 88.7 Å². The fourth-order valence-corrected chi connectivity index (χ4v) is 1.14. The first-order chi connectivity index (χ1) is 7.24. The van der Waals surface area contributed by atoms with E-state index in [0.29, 0.717) is 13.0 Å². The highest BCUT2D eigenvalue weighted by Crippen LogP contribution is 2.04. The molecule has 0 aromatic heterocycles. The first-order valence-corrected chi connectivity index (χ1v) is 4.65. The maximum Gasteiger partial charge on any atom is 0.211 e. The molecule has 0 amide bonds. The van der Waals surface area contributed by atoms with Crippen LogP contribution in [-0.4, -0.2) is 18.2 Å². The minimum Gasteiger partial charge on any atom is -0.369 e. The van der Waals surface area contributed by atoms with Crippen molar-refractivity contribution in [3.05, 3.63) is 35.9 Å². The average molecular weight is 205 g/mol. The van der Waals surface area contributed by atoms with E-state index in [-0.39, 0.29) is 5.96 Å². The van der Waals surface area contributed by atoms with Crippen molar-refractivity contribution in [2.24, 2.45) is 27.4 Å². The van der Waals surface area contributed by atoms with Gasteiger partial charge in [-0.05, 0) is 12.1 Å². The second-order valence-electron chi connectivity index (χ2n) is 2.98. The second kappa shape index (κ2) is 5.77. The van der Waals surface area contributed by atoms with Gasteiger partial charge in [-0.3, -0.25) is 0 Å². The van der Waals surface area contributed by atoms with E-state index in [9.17, 15) is 0 Å². The van der Waals surface area contributed by atoms with E-state index in [1.807, 2.05) is 30.3 Å². The standard InChI is InChI=1S/C10H15N5/c11-7-6-9(14-15-10(12)13)8-4-2-1-3-5-8/h1-5H,6-7,11H2,(H4,12,13,15). The third-order valence-electron chi connectivity index (χ3n) is 1.77. The number of benzene rings is 1. The van der Waals surface area contributed by atoms with Crippen molar-refractivity contribution in [2.75, 3.05) is 6.54 Å². The SMILES string of the molecule is NCCC(=NN=C(N)N)c1ccccc1. The van der Waals surface area contributed by atoms with Crippen LogP contribution in [0, 0.1) is 0 Å². The van der Waals surface area contributed by atoms with E-state index in [0.717, 1.165) is 11.3 Å². The van der Waals surface area contributed by atoms with E-state index in [1.165, 1.54) is 0 Å². The lowest BCUT2D eigenvalue weighted by Gasteiger charge is -2.02. The summed E-state index contributed by atoms with van der Waals surface area (Å²) in [6, 6.07) is 9.67. The van der Waals surface area contributed by atoms with Crippen LogP contribution in [-0.2, 0) is 0 Å². The van der Waals surface area contributed by atoms with Crippen LogP contribution in [0.25, 0.3) is 0 Å². The van der Waals surface area contributed by atoms with E-state index < -0.39 is 0 Å². The minimum atomic E-state index is -0.0551. The maximum atomic E-state index is 5.48. The number of nitrogens with zero attached hydrogens (tertiary/aromatic N) is 2. The Balaban J connectivity index is 2.93. The van der Waals surface area contributed by atoms with E-state index in [1.54, 1.807) is 0 Å². The highest BCUT2D eigenvalue weighted by atomic mass is 15.3. The average Bonchev–Trinajstić information content (AvgIpc) is 2.25. The summed E-state index contributed by atoms with van der Waals surface area (Å²) < 4.78 is 0. The molecule has 1 aromatic rings. The van der Waals surface area contributed by atoms with Gasteiger partial charge in [0, 0.05) is 6.42 Å². The fourth-order valence-electron chi connectivity index (χ4n) is 1.14. The van der Waals surface area contributed by atoms with Crippen LogP contribution in [0.2, 0.25) is 0 Å². The third kappa shape index (κ3) is 3.78. The van der Waals surface area contributed by atoms with E-state index >= 15 is 0 Å². The number of hydrogen-bond acceptors (Lipinski definition) is 3. The number of rotatable bonds is 4. The third-order valence-corrected chi connectivity index (χ3v) is 1.77. The van der Waals surface area contributed by atoms with Gasteiger partial charge in [-0.25, -0.2) is 0 Å². The molecule has 15 heavy (non-hydrogen) atoms. The first kappa shape index (κ1) is 11.2. The monoisotopic (exact) mass is 205 g/mol. The molecule has 0 bridgehead atoms. The molecular formula is C10H15N5. The highest BCUT2D eigenvalue weighted by Gasteiger charge is 2.01. The van der Waals surface area contributed by atoms with Crippen LogP contribution >= 0.6 is 0 Å². The Kier molecular flexibility index (Phi) is 4.30. The summed E-state index contributed by atoms with van der Waals surface area (Å²) in [4.78, 5) is 0. The molecule has 0 aliphatic heterocycles. The number of nitrogens with two attached hydrogens (primary N) is 3. The zero-order valence-corrected chi connectivity index (χ0v) is 8.43. The van der Waals surface area contributed by atoms with E-state index in [2.05, 4.69) is 10.2 Å². The van der Waals surface area contributed by atoms with Gasteiger partial charge in [0.05, 0.1) is 5.71 Å². The smallest absolute Gasteiger partial charge is 0.211 e.